The van der Waals surface area contributed by atoms with E-state index in [9.17, 15) is 18.0 Å². The van der Waals surface area contributed by atoms with Crippen molar-refractivity contribution in [1.82, 2.24) is 4.72 Å². The Morgan fingerprint density at radius 3 is 2.36 bits per heavy atom. The normalized spacial score (nSPS) is 13.1. The third-order valence-corrected chi connectivity index (χ3v) is 4.68. The summed E-state index contributed by atoms with van der Waals surface area (Å²) in [6.07, 6.45) is 0.144. The van der Waals surface area contributed by atoms with Gasteiger partial charge in [0.05, 0.1) is 4.90 Å². The van der Waals surface area contributed by atoms with Gasteiger partial charge in [0.1, 0.15) is 6.04 Å². The average Bonchev–Trinajstić information content (AvgIpc) is 2.36. The summed E-state index contributed by atoms with van der Waals surface area (Å²) < 4.78 is 27.1. The van der Waals surface area contributed by atoms with Crippen LogP contribution in [0.3, 0.4) is 0 Å². The lowest BCUT2D eigenvalue weighted by atomic mass is 10.1. The van der Waals surface area contributed by atoms with Gasteiger partial charge in [-0.05, 0) is 30.5 Å². The van der Waals surface area contributed by atoms with Crippen molar-refractivity contribution < 1.29 is 23.1 Å². The highest BCUT2D eigenvalue weighted by atomic mass is 79.9. The van der Waals surface area contributed by atoms with Crippen molar-refractivity contribution in [2.24, 2.45) is 11.7 Å². The second-order valence-corrected chi connectivity index (χ2v) is 7.81. The molecule has 0 aliphatic carbocycles. The number of halogens is 1. The first kappa shape index (κ1) is 18.6. The first-order valence-corrected chi connectivity index (χ1v) is 8.66. The van der Waals surface area contributed by atoms with Gasteiger partial charge in [-0.3, -0.25) is 9.59 Å². The van der Waals surface area contributed by atoms with Crippen LogP contribution in [0.4, 0.5) is 0 Å². The second kappa shape index (κ2) is 7.21. The van der Waals surface area contributed by atoms with Crippen LogP contribution in [0.1, 0.15) is 30.6 Å². The Morgan fingerprint density at radius 2 is 1.91 bits per heavy atom. The SMILES string of the molecule is CC(C)C[C@H](NS(=O)(=O)c1cc(Br)cc(C(N)=O)c1)C(=O)O. The molecule has 4 N–H and O–H groups in total. The molecule has 0 fully saturated rings. The Labute approximate surface area is 137 Å². The summed E-state index contributed by atoms with van der Waals surface area (Å²) in [4.78, 5) is 22.1. The zero-order valence-electron chi connectivity index (χ0n) is 12.0. The fourth-order valence-electron chi connectivity index (χ4n) is 1.79. The zero-order chi connectivity index (χ0) is 17.1. The van der Waals surface area contributed by atoms with Gasteiger partial charge in [0.15, 0.2) is 0 Å². The molecule has 0 aromatic heterocycles. The number of hydrogen-bond acceptors (Lipinski definition) is 4. The lowest BCUT2D eigenvalue weighted by molar-refractivity contribution is -0.139. The molecular weight excluding hydrogens is 376 g/mol. The van der Waals surface area contributed by atoms with Crippen molar-refractivity contribution in [2.75, 3.05) is 0 Å². The molecule has 0 saturated carbocycles. The number of carbonyl (C=O) groups is 2. The van der Waals surface area contributed by atoms with E-state index in [1.54, 1.807) is 13.8 Å². The van der Waals surface area contributed by atoms with Crippen LogP contribution in [0, 0.1) is 5.92 Å². The number of primary amides is 1. The zero-order valence-corrected chi connectivity index (χ0v) is 14.4. The van der Waals surface area contributed by atoms with Crippen LogP contribution < -0.4 is 10.5 Å². The lowest BCUT2D eigenvalue weighted by Gasteiger charge is -2.17. The first-order chi connectivity index (χ1) is 10.0. The molecular formula is C13H17BrN2O5S. The minimum atomic E-state index is -4.10. The number of benzene rings is 1. The molecule has 1 rings (SSSR count). The first-order valence-electron chi connectivity index (χ1n) is 6.38. The van der Waals surface area contributed by atoms with Crippen molar-refractivity contribution >= 4 is 37.8 Å². The Balaban J connectivity index is 3.18. The van der Waals surface area contributed by atoms with Crippen molar-refractivity contribution in [1.29, 1.82) is 0 Å². The molecule has 0 unspecified atom stereocenters. The van der Waals surface area contributed by atoms with Crippen LogP contribution in [-0.4, -0.2) is 31.4 Å². The van der Waals surface area contributed by atoms with Crippen molar-refractivity contribution in [3.05, 3.63) is 28.2 Å². The number of sulfonamides is 1. The molecule has 9 heteroatoms. The highest BCUT2D eigenvalue weighted by molar-refractivity contribution is 9.10. The topological polar surface area (TPSA) is 127 Å². The number of nitrogens with two attached hydrogens (primary N) is 1. The molecule has 1 atom stereocenters. The smallest absolute Gasteiger partial charge is 0.321 e. The molecule has 1 aromatic carbocycles. The summed E-state index contributed by atoms with van der Waals surface area (Å²) in [5.74, 6) is -2.05. The predicted molar refractivity (Wildman–Crippen MR) is 83.9 cm³/mol. The standard InChI is InChI=1S/C13H17BrN2O5S/c1-7(2)3-11(13(18)19)16-22(20,21)10-5-8(12(15)17)4-9(14)6-10/h4-7,11,16H,3H2,1-2H3,(H2,15,17)(H,18,19)/t11-/m0/s1. The van der Waals surface area contributed by atoms with Gasteiger partial charge in [-0.25, -0.2) is 8.42 Å². The van der Waals surface area contributed by atoms with Crippen LogP contribution >= 0.6 is 15.9 Å². The summed E-state index contributed by atoms with van der Waals surface area (Å²) in [6.45, 7) is 3.57. The minimum Gasteiger partial charge on any atom is -0.480 e. The summed E-state index contributed by atoms with van der Waals surface area (Å²) in [5.41, 5.74) is 5.15. The van der Waals surface area contributed by atoms with Gasteiger partial charge in [0, 0.05) is 10.0 Å². The fourth-order valence-corrected chi connectivity index (χ4v) is 3.70. The molecule has 0 radical (unpaired) electrons. The van der Waals surface area contributed by atoms with Gasteiger partial charge in [-0.15, -0.1) is 0 Å². The third-order valence-electron chi connectivity index (χ3n) is 2.77. The molecule has 0 saturated heterocycles. The largest absolute Gasteiger partial charge is 0.480 e. The van der Waals surface area contributed by atoms with E-state index in [0.29, 0.717) is 4.47 Å². The average molecular weight is 393 g/mol. The van der Waals surface area contributed by atoms with Crippen LogP contribution in [0.15, 0.2) is 27.6 Å². The number of hydrogen-bond donors (Lipinski definition) is 3. The second-order valence-electron chi connectivity index (χ2n) is 5.18. The van der Waals surface area contributed by atoms with Crippen molar-refractivity contribution in [2.45, 2.75) is 31.2 Å². The fraction of sp³-hybridized carbons (Fsp3) is 0.385. The van der Waals surface area contributed by atoms with E-state index >= 15 is 0 Å². The van der Waals surface area contributed by atoms with Gasteiger partial charge in [-0.2, -0.15) is 4.72 Å². The summed E-state index contributed by atoms with van der Waals surface area (Å²) in [7, 11) is -4.10. The van der Waals surface area contributed by atoms with E-state index in [4.69, 9.17) is 10.8 Å². The summed E-state index contributed by atoms with van der Waals surface area (Å²) in [5, 5.41) is 9.12. The molecule has 0 heterocycles. The van der Waals surface area contributed by atoms with E-state index in [1.807, 2.05) is 0 Å². The number of carboxylic acids is 1. The van der Waals surface area contributed by atoms with Crippen LogP contribution in [0.2, 0.25) is 0 Å². The number of nitrogens with one attached hydrogen (secondary N) is 1. The number of amides is 1. The van der Waals surface area contributed by atoms with Gasteiger partial charge < -0.3 is 10.8 Å². The van der Waals surface area contributed by atoms with E-state index in [2.05, 4.69) is 20.7 Å². The number of carboxylic acid groups (broad SMARTS) is 1. The number of carbonyl (C=O) groups excluding carboxylic acids is 1. The Bertz CT molecular complexity index is 688. The molecule has 7 nitrogen and oxygen atoms in total. The highest BCUT2D eigenvalue weighted by Crippen LogP contribution is 2.20. The molecule has 22 heavy (non-hydrogen) atoms. The van der Waals surface area contributed by atoms with E-state index in [0.717, 1.165) is 6.07 Å². The summed E-state index contributed by atoms with van der Waals surface area (Å²) in [6, 6.07) is 2.50. The summed E-state index contributed by atoms with van der Waals surface area (Å²) >= 11 is 3.09. The van der Waals surface area contributed by atoms with E-state index in [1.165, 1.54) is 12.1 Å². The Morgan fingerprint density at radius 1 is 1.32 bits per heavy atom. The van der Waals surface area contributed by atoms with Crippen LogP contribution in [0.5, 0.6) is 0 Å². The number of rotatable bonds is 7. The molecule has 0 aliphatic heterocycles. The molecule has 122 valence electrons. The number of aliphatic carboxylic acids is 1. The maximum Gasteiger partial charge on any atom is 0.321 e. The maximum absolute atomic E-state index is 12.3. The molecule has 0 aliphatic rings. The van der Waals surface area contributed by atoms with Crippen molar-refractivity contribution in [3.8, 4) is 0 Å². The van der Waals surface area contributed by atoms with E-state index in [-0.39, 0.29) is 22.8 Å². The van der Waals surface area contributed by atoms with Crippen molar-refractivity contribution in [3.63, 3.8) is 0 Å². The predicted octanol–water partition coefficient (Wildman–Crippen LogP) is 1.33. The van der Waals surface area contributed by atoms with Crippen LogP contribution in [-0.2, 0) is 14.8 Å². The Kier molecular flexibility index (Phi) is 6.09. The third kappa shape index (κ3) is 5.08. The molecule has 1 amide bonds. The maximum atomic E-state index is 12.3. The van der Waals surface area contributed by atoms with Gasteiger partial charge in [0.2, 0.25) is 15.9 Å². The van der Waals surface area contributed by atoms with Gasteiger partial charge in [0.25, 0.3) is 0 Å². The van der Waals surface area contributed by atoms with Gasteiger partial charge in [-0.1, -0.05) is 29.8 Å². The monoisotopic (exact) mass is 392 g/mol. The molecule has 1 aromatic rings. The quantitative estimate of drug-likeness (QED) is 0.644. The van der Waals surface area contributed by atoms with Crippen LogP contribution in [0.25, 0.3) is 0 Å². The minimum absolute atomic E-state index is 0.00508. The Hall–Kier alpha value is -1.45. The lowest BCUT2D eigenvalue weighted by Crippen LogP contribution is -2.41. The highest BCUT2D eigenvalue weighted by Gasteiger charge is 2.26. The van der Waals surface area contributed by atoms with Gasteiger partial charge >= 0.3 is 5.97 Å². The molecule has 0 bridgehead atoms. The molecule has 0 spiro atoms. The van der Waals surface area contributed by atoms with E-state index < -0.39 is 27.9 Å².